The molecule has 1 N–H and O–H groups in total. The minimum Gasteiger partial charge on any atom is -0.267 e. The second kappa shape index (κ2) is 8.12. The van der Waals surface area contributed by atoms with Gasteiger partial charge in [-0.15, -0.1) is 0 Å². The highest BCUT2D eigenvalue weighted by Gasteiger charge is 2.17. The molecule has 0 unspecified atom stereocenters. The molecule has 0 saturated heterocycles. The fraction of sp³-hybridized carbons (Fsp3) is 0.200. The van der Waals surface area contributed by atoms with E-state index in [9.17, 15) is 9.59 Å². The number of rotatable bonds is 4. The third-order valence-corrected chi connectivity index (χ3v) is 4.74. The maximum Gasteiger partial charge on any atom is 0.292 e. The van der Waals surface area contributed by atoms with Gasteiger partial charge in [0.1, 0.15) is 0 Å². The molecule has 0 aliphatic carbocycles. The Bertz CT molecular complexity index is 1150. The zero-order valence-corrected chi connectivity index (χ0v) is 17.0. The Balaban J connectivity index is 2.01. The summed E-state index contributed by atoms with van der Waals surface area (Å²) in [5.74, 6) is -0.525. The van der Waals surface area contributed by atoms with Crippen LogP contribution in [0.4, 0.5) is 0 Å². The Morgan fingerprint density at radius 1 is 1.14 bits per heavy atom. The van der Waals surface area contributed by atoms with E-state index < -0.39 is 5.91 Å². The summed E-state index contributed by atoms with van der Waals surface area (Å²) >= 11 is 12.2. The van der Waals surface area contributed by atoms with Crippen molar-refractivity contribution in [2.75, 3.05) is 0 Å². The van der Waals surface area contributed by atoms with Gasteiger partial charge >= 0.3 is 0 Å². The summed E-state index contributed by atoms with van der Waals surface area (Å²) in [5.41, 5.74) is 3.47. The van der Waals surface area contributed by atoms with Crippen molar-refractivity contribution in [2.45, 2.75) is 26.8 Å². The summed E-state index contributed by atoms with van der Waals surface area (Å²) in [5, 5.41) is 10.3. The van der Waals surface area contributed by atoms with Crippen LogP contribution in [0, 0.1) is 0 Å². The number of aromatic nitrogens is 2. The minimum atomic E-state index is -0.525. The van der Waals surface area contributed by atoms with Gasteiger partial charge in [-0.3, -0.25) is 9.59 Å². The van der Waals surface area contributed by atoms with Crippen LogP contribution in [0.5, 0.6) is 0 Å². The first kappa shape index (κ1) is 20.0. The molecule has 28 heavy (non-hydrogen) atoms. The van der Waals surface area contributed by atoms with Crippen LogP contribution in [-0.4, -0.2) is 21.4 Å². The number of nitrogens with zero attached hydrogens (tertiary/aromatic N) is 3. The zero-order valence-electron chi connectivity index (χ0n) is 15.5. The molecule has 3 aromatic rings. The molecule has 3 rings (SSSR count). The van der Waals surface area contributed by atoms with Gasteiger partial charge in [0.25, 0.3) is 11.5 Å². The summed E-state index contributed by atoms with van der Waals surface area (Å²) in [4.78, 5) is 25.4. The minimum absolute atomic E-state index is 0.123. The van der Waals surface area contributed by atoms with Crippen molar-refractivity contribution in [1.29, 1.82) is 0 Å². The molecule has 0 spiro atoms. The largest absolute Gasteiger partial charge is 0.292 e. The lowest BCUT2D eigenvalue weighted by Crippen LogP contribution is -2.30. The first-order valence-electron chi connectivity index (χ1n) is 8.61. The van der Waals surface area contributed by atoms with E-state index >= 15 is 0 Å². The molecule has 0 bridgehead atoms. The van der Waals surface area contributed by atoms with Crippen molar-refractivity contribution in [3.05, 3.63) is 74.1 Å². The van der Waals surface area contributed by atoms with Crippen LogP contribution in [-0.2, 0) is 0 Å². The highest BCUT2D eigenvalue weighted by molar-refractivity contribution is 6.36. The molecular formula is C20H18Cl2N4O2. The average molecular weight is 417 g/mol. The normalized spacial score (nSPS) is 11.9. The Labute approximate surface area is 171 Å². The van der Waals surface area contributed by atoms with Crippen LogP contribution in [0.25, 0.3) is 10.8 Å². The van der Waals surface area contributed by atoms with Gasteiger partial charge in [-0.25, -0.2) is 10.1 Å². The Hall–Kier alpha value is -2.70. The average Bonchev–Trinajstić information content (AvgIpc) is 2.68. The summed E-state index contributed by atoms with van der Waals surface area (Å²) in [6.45, 7) is 5.36. The van der Waals surface area contributed by atoms with Gasteiger partial charge in [-0.1, -0.05) is 41.4 Å². The molecule has 1 aromatic heterocycles. The predicted octanol–water partition coefficient (Wildman–Crippen LogP) is 4.44. The Morgan fingerprint density at radius 2 is 1.82 bits per heavy atom. The third kappa shape index (κ3) is 3.93. The molecule has 2 aromatic carbocycles. The molecule has 0 aliphatic rings. The smallest absolute Gasteiger partial charge is 0.267 e. The SMILES string of the molecule is C/C(=N/NC(=O)c1nn(C(C)C)c(=O)c2ccccc12)c1cc(Cl)ccc1Cl. The van der Waals surface area contributed by atoms with Gasteiger partial charge in [-0.05, 0) is 45.0 Å². The van der Waals surface area contributed by atoms with Crippen LogP contribution in [0.1, 0.15) is 42.9 Å². The van der Waals surface area contributed by atoms with Gasteiger partial charge in [-0.2, -0.15) is 10.2 Å². The van der Waals surface area contributed by atoms with Crippen molar-refractivity contribution in [3.8, 4) is 0 Å². The molecule has 0 atom stereocenters. The van der Waals surface area contributed by atoms with Gasteiger partial charge < -0.3 is 0 Å². The summed E-state index contributed by atoms with van der Waals surface area (Å²) in [6, 6.07) is 11.7. The molecule has 144 valence electrons. The molecule has 1 heterocycles. The molecule has 0 aliphatic heterocycles. The second-order valence-electron chi connectivity index (χ2n) is 6.50. The van der Waals surface area contributed by atoms with Gasteiger partial charge in [0.05, 0.1) is 17.1 Å². The van der Waals surface area contributed by atoms with Gasteiger partial charge in [0.15, 0.2) is 5.69 Å². The standard InChI is InChI=1S/C20H18Cl2N4O2/c1-11(2)26-20(28)15-7-5-4-6-14(15)18(25-26)19(27)24-23-12(3)16-10-13(21)8-9-17(16)22/h4-11H,1-3H3,(H,24,27)/b23-12-. The first-order valence-corrected chi connectivity index (χ1v) is 9.36. The number of hydrogen-bond donors (Lipinski definition) is 1. The van der Waals surface area contributed by atoms with E-state index in [2.05, 4.69) is 15.6 Å². The van der Waals surface area contributed by atoms with Crippen molar-refractivity contribution in [3.63, 3.8) is 0 Å². The summed E-state index contributed by atoms with van der Waals surface area (Å²) in [7, 11) is 0. The number of halogens is 2. The fourth-order valence-electron chi connectivity index (χ4n) is 2.75. The van der Waals surface area contributed by atoms with Crippen molar-refractivity contribution in [1.82, 2.24) is 15.2 Å². The van der Waals surface area contributed by atoms with E-state index in [-0.39, 0.29) is 17.3 Å². The topological polar surface area (TPSA) is 76.3 Å². The summed E-state index contributed by atoms with van der Waals surface area (Å²) in [6.07, 6.45) is 0. The lowest BCUT2D eigenvalue weighted by molar-refractivity contribution is 0.0949. The van der Waals surface area contributed by atoms with E-state index in [1.54, 1.807) is 49.4 Å². The number of fused-ring (bicyclic) bond motifs is 1. The molecule has 0 fully saturated rings. The van der Waals surface area contributed by atoms with Crippen molar-refractivity contribution >= 4 is 45.6 Å². The number of hydrazone groups is 1. The third-order valence-electron chi connectivity index (χ3n) is 4.18. The highest BCUT2D eigenvalue weighted by Crippen LogP contribution is 2.21. The highest BCUT2D eigenvalue weighted by atomic mass is 35.5. The van der Waals surface area contributed by atoms with E-state index in [1.807, 2.05) is 13.8 Å². The Morgan fingerprint density at radius 3 is 2.50 bits per heavy atom. The van der Waals surface area contributed by atoms with Gasteiger partial charge in [0.2, 0.25) is 0 Å². The fourth-order valence-corrected chi connectivity index (χ4v) is 3.17. The number of carbonyl (C=O) groups excluding carboxylic acids is 1. The maximum absolute atomic E-state index is 12.8. The molecular weight excluding hydrogens is 399 g/mol. The quantitative estimate of drug-likeness (QED) is 0.504. The molecule has 0 saturated carbocycles. The number of nitrogens with one attached hydrogen (secondary N) is 1. The van der Waals surface area contributed by atoms with E-state index in [0.29, 0.717) is 32.1 Å². The van der Waals surface area contributed by atoms with E-state index in [1.165, 1.54) is 4.68 Å². The van der Waals surface area contributed by atoms with Crippen LogP contribution in [0.2, 0.25) is 10.0 Å². The molecule has 8 heteroatoms. The number of carbonyl (C=O) groups is 1. The molecule has 1 amide bonds. The number of amides is 1. The number of hydrogen-bond acceptors (Lipinski definition) is 4. The zero-order chi connectivity index (χ0) is 20.4. The van der Waals surface area contributed by atoms with Crippen molar-refractivity contribution in [2.24, 2.45) is 5.10 Å². The maximum atomic E-state index is 12.8. The first-order chi connectivity index (χ1) is 13.3. The van der Waals surface area contributed by atoms with Crippen LogP contribution in [0.3, 0.4) is 0 Å². The Kier molecular flexibility index (Phi) is 5.82. The van der Waals surface area contributed by atoms with E-state index in [4.69, 9.17) is 23.2 Å². The summed E-state index contributed by atoms with van der Waals surface area (Å²) < 4.78 is 1.29. The lowest BCUT2D eigenvalue weighted by Gasteiger charge is -2.12. The van der Waals surface area contributed by atoms with Crippen LogP contribution in [0.15, 0.2) is 52.4 Å². The van der Waals surface area contributed by atoms with Crippen LogP contribution >= 0.6 is 23.2 Å². The van der Waals surface area contributed by atoms with Crippen molar-refractivity contribution < 1.29 is 4.79 Å². The van der Waals surface area contributed by atoms with Gasteiger partial charge in [0, 0.05) is 21.0 Å². The lowest BCUT2D eigenvalue weighted by atomic mass is 10.1. The van der Waals surface area contributed by atoms with E-state index in [0.717, 1.165) is 0 Å². The second-order valence-corrected chi connectivity index (χ2v) is 7.34. The molecule has 0 radical (unpaired) electrons. The molecule has 6 nitrogen and oxygen atoms in total. The predicted molar refractivity (Wildman–Crippen MR) is 113 cm³/mol. The monoisotopic (exact) mass is 416 g/mol. The van der Waals surface area contributed by atoms with Crippen LogP contribution < -0.4 is 11.0 Å². The number of benzene rings is 2.